The molecular weight excluding hydrogens is 412 g/mol. The van der Waals surface area contributed by atoms with E-state index in [2.05, 4.69) is 4.98 Å². The number of hydrogen-bond donors (Lipinski definition) is 2. The number of nitrogens with zero attached hydrogens (tertiary/aromatic N) is 3. The molecule has 30 heavy (non-hydrogen) atoms. The number of aromatic nitrogens is 1. The summed E-state index contributed by atoms with van der Waals surface area (Å²) >= 11 is 0.841. The van der Waals surface area contributed by atoms with Gasteiger partial charge in [-0.05, 0) is 49.4 Å². The minimum atomic E-state index is -0.893. The van der Waals surface area contributed by atoms with Gasteiger partial charge in [-0.15, -0.1) is 0 Å². The maximum absolute atomic E-state index is 14.3. The van der Waals surface area contributed by atoms with Crippen LogP contribution in [0.1, 0.15) is 27.7 Å². The van der Waals surface area contributed by atoms with Crippen molar-refractivity contribution in [3.05, 3.63) is 70.1 Å². The highest BCUT2D eigenvalue weighted by Gasteiger charge is 2.28. The Kier molecular flexibility index (Phi) is 5.75. The number of hydrogen-bond acceptors (Lipinski definition) is 7. The smallest absolute Gasteiger partial charge is 0.240 e. The van der Waals surface area contributed by atoms with Crippen LogP contribution in [0.5, 0.6) is 0 Å². The topological polar surface area (TPSA) is 126 Å². The SMILES string of the molecule is C[C@H](C(N)=O)N(c1ccc(F)cc1)c1nc(N)c(C(=O)c2ccc(C#N)cc2F)s1. The number of ketones is 1. The molecule has 0 spiro atoms. The van der Waals surface area contributed by atoms with Crippen molar-refractivity contribution in [2.24, 2.45) is 5.73 Å². The quantitative estimate of drug-likeness (QED) is 0.582. The van der Waals surface area contributed by atoms with Crippen LogP contribution >= 0.6 is 11.3 Å². The van der Waals surface area contributed by atoms with Crippen molar-refractivity contribution in [1.82, 2.24) is 4.98 Å². The molecule has 0 aliphatic carbocycles. The minimum Gasteiger partial charge on any atom is -0.382 e. The molecular formula is C20H15F2N5O2S. The third-order valence-electron chi connectivity index (χ3n) is 4.30. The number of nitrogens with two attached hydrogens (primary N) is 2. The van der Waals surface area contributed by atoms with Crippen LogP contribution < -0.4 is 16.4 Å². The second kappa shape index (κ2) is 8.26. The van der Waals surface area contributed by atoms with Gasteiger partial charge < -0.3 is 16.4 Å². The molecule has 0 aliphatic heterocycles. The van der Waals surface area contributed by atoms with Crippen molar-refractivity contribution in [1.29, 1.82) is 5.26 Å². The summed E-state index contributed by atoms with van der Waals surface area (Å²) in [6.07, 6.45) is 0. The Hall–Kier alpha value is -3.84. The number of amides is 1. The lowest BCUT2D eigenvalue weighted by Crippen LogP contribution is -2.39. The number of carbonyl (C=O) groups is 2. The van der Waals surface area contributed by atoms with Crippen LogP contribution in [0.2, 0.25) is 0 Å². The van der Waals surface area contributed by atoms with Crippen molar-refractivity contribution in [2.45, 2.75) is 13.0 Å². The number of thiazole rings is 1. The predicted molar refractivity (Wildman–Crippen MR) is 108 cm³/mol. The first-order valence-corrected chi connectivity index (χ1v) is 9.39. The van der Waals surface area contributed by atoms with Crippen molar-refractivity contribution in [2.75, 3.05) is 10.6 Å². The van der Waals surface area contributed by atoms with Crippen LogP contribution in [0.15, 0.2) is 42.5 Å². The van der Waals surface area contributed by atoms with Crippen molar-refractivity contribution < 1.29 is 18.4 Å². The predicted octanol–water partition coefficient (Wildman–Crippen LogP) is 3.12. The van der Waals surface area contributed by atoms with Gasteiger partial charge in [0, 0.05) is 5.69 Å². The van der Waals surface area contributed by atoms with E-state index < -0.39 is 29.4 Å². The van der Waals surface area contributed by atoms with Crippen LogP contribution in [0.25, 0.3) is 0 Å². The summed E-state index contributed by atoms with van der Waals surface area (Å²) in [4.78, 5) is 30.1. The lowest BCUT2D eigenvalue weighted by Gasteiger charge is -2.26. The van der Waals surface area contributed by atoms with E-state index in [-0.39, 0.29) is 27.0 Å². The fourth-order valence-electron chi connectivity index (χ4n) is 2.71. The lowest BCUT2D eigenvalue weighted by atomic mass is 10.1. The summed E-state index contributed by atoms with van der Waals surface area (Å²) in [6, 6.07) is 9.60. The van der Waals surface area contributed by atoms with E-state index in [1.807, 2.05) is 0 Å². The molecule has 0 fully saturated rings. The number of nitriles is 1. The second-order valence-corrected chi connectivity index (χ2v) is 7.25. The van der Waals surface area contributed by atoms with Gasteiger partial charge in [-0.2, -0.15) is 5.26 Å². The molecule has 1 amide bonds. The molecule has 1 atom stereocenters. The molecule has 0 saturated carbocycles. The number of primary amides is 1. The van der Waals surface area contributed by atoms with Crippen molar-refractivity contribution in [3.63, 3.8) is 0 Å². The van der Waals surface area contributed by atoms with Gasteiger partial charge in [0.15, 0.2) is 5.13 Å². The third-order valence-corrected chi connectivity index (χ3v) is 5.37. The third kappa shape index (κ3) is 3.97. The van der Waals surface area contributed by atoms with E-state index >= 15 is 0 Å². The van der Waals surface area contributed by atoms with E-state index in [1.54, 1.807) is 6.07 Å². The molecule has 0 aliphatic rings. The Morgan fingerprint density at radius 2 is 1.87 bits per heavy atom. The second-order valence-electron chi connectivity index (χ2n) is 6.27. The first-order valence-electron chi connectivity index (χ1n) is 8.57. The van der Waals surface area contributed by atoms with E-state index in [1.165, 1.54) is 48.2 Å². The first-order chi connectivity index (χ1) is 14.2. The van der Waals surface area contributed by atoms with Crippen molar-refractivity contribution in [3.8, 4) is 6.07 Å². The average molecular weight is 427 g/mol. The van der Waals surface area contributed by atoms with E-state index in [0.29, 0.717) is 5.69 Å². The highest BCUT2D eigenvalue weighted by atomic mass is 32.1. The zero-order chi connectivity index (χ0) is 22.0. The number of carbonyl (C=O) groups excluding carboxylic acids is 2. The van der Waals surface area contributed by atoms with Gasteiger partial charge in [-0.25, -0.2) is 13.8 Å². The zero-order valence-corrected chi connectivity index (χ0v) is 16.4. The van der Waals surface area contributed by atoms with Gasteiger partial charge in [-0.1, -0.05) is 11.3 Å². The summed E-state index contributed by atoms with van der Waals surface area (Å²) in [5, 5.41) is 9.00. The molecule has 0 saturated heterocycles. The van der Waals surface area contributed by atoms with Crippen LogP contribution in [-0.4, -0.2) is 22.7 Å². The summed E-state index contributed by atoms with van der Waals surface area (Å²) in [5.74, 6) is -2.90. The molecule has 3 rings (SSSR count). The molecule has 10 heteroatoms. The van der Waals surface area contributed by atoms with E-state index in [0.717, 1.165) is 17.4 Å². The van der Waals surface area contributed by atoms with Crippen LogP contribution in [0.3, 0.4) is 0 Å². The van der Waals surface area contributed by atoms with Crippen LogP contribution in [-0.2, 0) is 4.79 Å². The molecule has 152 valence electrons. The highest BCUT2D eigenvalue weighted by Crippen LogP contribution is 2.36. The summed E-state index contributed by atoms with van der Waals surface area (Å²) < 4.78 is 27.6. The largest absolute Gasteiger partial charge is 0.382 e. The summed E-state index contributed by atoms with van der Waals surface area (Å²) in [6.45, 7) is 1.52. The number of anilines is 3. The Morgan fingerprint density at radius 1 is 1.20 bits per heavy atom. The number of halogens is 2. The van der Waals surface area contributed by atoms with Gasteiger partial charge >= 0.3 is 0 Å². The molecule has 1 heterocycles. The van der Waals surface area contributed by atoms with Crippen LogP contribution in [0.4, 0.5) is 25.4 Å². The van der Waals surface area contributed by atoms with E-state index in [9.17, 15) is 18.4 Å². The molecule has 0 bridgehead atoms. The molecule has 2 aromatic carbocycles. The molecule has 0 radical (unpaired) electrons. The number of rotatable bonds is 6. The monoisotopic (exact) mass is 427 g/mol. The van der Waals surface area contributed by atoms with Gasteiger partial charge in [0.2, 0.25) is 11.7 Å². The van der Waals surface area contributed by atoms with Gasteiger partial charge in [0.25, 0.3) is 0 Å². The maximum atomic E-state index is 14.3. The summed E-state index contributed by atoms with van der Waals surface area (Å²) in [7, 11) is 0. The number of benzene rings is 2. The molecule has 4 N–H and O–H groups in total. The standard InChI is InChI=1S/C20H15F2N5O2S/c1-10(19(25)29)27(13-5-3-12(21)4-6-13)20-26-18(24)17(30-20)16(28)14-7-2-11(9-23)8-15(14)22/h2-8,10H,24H2,1H3,(H2,25,29)/t10-/m1/s1. The zero-order valence-electron chi connectivity index (χ0n) is 15.6. The minimum absolute atomic E-state index is 0.0441. The number of nitrogen functional groups attached to an aromatic ring is 1. The van der Waals surface area contributed by atoms with Gasteiger partial charge in [-0.3, -0.25) is 9.59 Å². The fraction of sp³-hybridized carbons (Fsp3) is 0.100. The average Bonchev–Trinajstić information content (AvgIpc) is 3.09. The highest BCUT2D eigenvalue weighted by molar-refractivity contribution is 7.18. The van der Waals surface area contributed by atoms with Crippen LogP contribution in [0, 0.1) is 23.0 Å². The Morgan fingerprint density at radius 3 is 2.43 bits per heavy atom. The van der Waals surface area contributed by atoms with Gasteiger partial charge in [0.05, 0.1) is 17.2 Å². The molecule has 7 nitrogen and oxygen atoms in total. The van der Waals surface area contributed by atoms with E-state index in [4.69, 9.17) is 16.7 Å². The first kappa shape index (κ1) is 20.9. The molecule has 0 unspecified atom stereocenters. The van der Waals surface area contributed by atoms with Crippen molar-refractivity contribution >= 4 is 39.7 Å². The normalized spacial score (nSPS) is 11.5. The fourth-order valence-corrected chi connectivity index (χ4v) is 3.75. The Bertz CT molecular complexity index is 1170. The molecule has 1 aromatic heterocycles. The lowest BCUT2D eigenvalue weighted by molar-refractivity contribution is -0.118. The summed E-state index contributed by atoms with van der Waals surface area (Å²) in [5.41, 5.74) is 11.5. The van der Waals surface area contributed by atoms with Gasteiger partial charge in [0.1, 0.15) is 28.4 Å². The maximum Gasteiger partial charge on any atom is 0.240 e. The Labute approximate surface area is 174 Å². The Balaban J connectivity index is 2.05. The molecule has 3 aromatic rings.